The number of carbonyl (C=O) groups excluding carboxylic acids is 1. The van der Waals surface area contributed by atoms with Gasteiger partial charge in [-0.05, 0) is 67.2 Å². The lowest BCUT2D eigenvalue weighted by Gasteiger charge is -2.41. The molecule has 0 radical (unpaired) electrons. The molecule has 0 spiro atoms. The fourth-order valence-corrected chi connectivity index (χ4v) is 4.76. The summed E-state index contributed by atoms with van der Waals surface area (Å²) >= 11 is 0. The molecule has 1 N–H and O–H groups in total. The normalized spacial score (nSPS) is 15.8. The molecule has 1 aliphatic heterocycles. The molecule has 5 heteroatoms. The first-order valence-electron chi connectivity index (χ1n) is 11.2. The van der Waals surface area contributed by atoms with Crippen molar-refractivity contribution >= 4 is 5.91 Å². The number of nitrogens with zero attached hydrogens (tertiary/aromatic N) is 2. The lowest BCUT2D eigenvalue weighted by molar-refractivity contribution is -0.133. The molecular weight excluding hydrogens is 398 g/mol. The minimum atomic E-state index is -0.405. The summed E-state index contributed by atoms with van der Waals surface area (Å²) in [5, 5.41) is 2.95. The predicted octanol–water partition coefficient (Wildman–Crippen LogP) is 4.33. The van der Waals surface area contributed by atoms with E-state index in [1.165, 1.54) is 11.1 Å². The lowest BCUT2D eigenvalue weighted by Crippen LogP contribution is -2.49. The highest BCUT2D eigenvalue weighted by Gasteiger charge is 2.41. The Morgan fingerprint density at radius 2 is 1.91 bits per heavy atom. The van der Waals surface area contributed by atoms with Crippen molar-refractivity contribution in [3.05, 3.63) is 84.2 Å². The molecule has 1 fully saturated rings. The summed E-state index contributed by atoms with van der Waals surface area (Å²) in [6.45, 7) is 2.65. The summed E-state index contributed by atoms with van der Waals surface area (Å²) in [5.74, 6) is 1.02. The average Bonchev–Trinajstić information content (AvgIpc) is 2.86. The molecule has 166 valence electrons. The zero-order valence-electron chi connectivity index (χ0n) is 18.9. The Labute approximate surface area is 190 Å². The van der Waals surface area contributed by atoms with E-state index in [0.29, 0.717) is 0 Å². The molecule has 0 aliphatic carbocycles. The van der Waals surface area contributed by atoms with E-state index >= 15 is 0 Å². The first-order valence-corrected chi connectivity index (χ1v) is 11.2. The fraction of sp³-hybridized carbons (Fsp3) is 0.333. The topological polar surface area (TPSA) is 54.5 Å². The number of likely N-dealkylation sites (tertiary alicyclic amines) is 1. The Morgan fingerprint density at radius 1 is 1.09 bits per heavy atom. The minimum absolute atomic E-state index is 0.138. The van der Waals surface area contributed by atoms with Gasteiger partial charge in [-0.1, -0.05) is 42.5 Å². The molecule has 2 aromatic carbocycles. The van der Waals surface area contributed by atoms with Gasteiger partial charge in [0.25, 0.3) is 0 Å². The van der Waals surface area contributed by atoms with E-state index in [0.717, 1.165) is 55.8 Å². The second kappa shape index (κ2) is 9.96. The number of nitrogens with one attached hydrogen (secondary N) is 1. The number of hydrogen-bond donors (Lipinski definition) is 1. The first-order chi connectivity index (χ1) is 15.6. The first kappa shape index (κ1) is 22.0. The minimum Gasteiger partial charge on any atom is -0.497 e. The average molecular weight is 430 g/mol. The van der Waals surface area contributed by atoms with Crippen LogP contribution in [-0.4, -0.2) is 43.0 Å². The molecule has 1 amide bonds. The van der Waals surface area contributed by atoms with Gasteiger partial charge in [0.15, 0.2) is 0 Å². The quantitative estimate of drug-likeness (QED) is 0.607. The van der Waals surface area contributed by atoms with Gasteiger partial charge in [0.05, 0.1) is 12.5 Å². The third kappa shape index (κ3) is 4.83. The summed E-state index contributed by atoms with van der Waals surface area (Å²) in [6.07, 6.45) is 6.07. The van der Waals surface area contributed by atoms with E-state index < -0.39 is 5.41 Å². The molecule has 32 heavy (non-hydrogen) atoms. The Bertz CT molecular complexity index is 1040. The van der Waals surface area contributed by atoms with Gasteiger partial charge in [-0.25, -0.2) is 0 Å². The van der Waals surface area contributed by atoms with Gasteiger partial charge >= 0.3 is 0 Å². The lowest BCUT2D eigenvalue weighted by atomic mass is 9.72. The molecule has 0 saturated carbocycles. The third-order valence-electron chi connectivity index (χ3n) is 6.58. The monoisotopic (exact) mass is 429 g/mol. The molecular formula is C27H31N3O2. The van der Waals surface area contributed by atoms with Gasteiger partial charge in [-0.15, -0.1) is 0 Å². The summed E-state index contributed by atoms with van der Waals surface area (Å²) in [7, 11) is 3.45. The number of benzene rings is 2. The van der Waals surface area contributed by atoms with Crippen LogP contribution in [-0.2, 0) is 17.8 Å². The van der Waals surface area contributed by atoms with E-state index in [-0.39, 0.29) is 5.91 Å². The van der Waals surface area contributed by atoms with Crippen LogP contribution >= 0.6 is 0 Å². The van der Waals surface area contributed by atoms with Crippen LogP contribution in [0.25, 0.3) is 11.1 Å². The van der Waals surface area contributed by atoms with E-state index in [9.17, 15) is 4.79 Å². The molecule has 1 aliphatic rings. The maximum absolute atomic E-state index is 13.1. The maximum atomic E-state index is 13.1. The number of aromatic nitrogens is 1. The molecule has 2 heterocycles. The number of rotatable bonds is 7. The largest absolute Gasteiger partial charge is 0.497 e. The Morgan fingerprint density at radius 3 is 2.62 bits per heavy atom. The van der Waals surface area contributed by atoms with Crippen molar-refractivity contribution in [3.63, 3.8) is 0 Å². The third-order valence-corrected chi connectivity index (χ3v) is 6.58. The SMILES string of the molecule is CNC(=O)C1(Cc2ccccc2-c2cccnc2)CCN(Cc2cccc(OC)c2)CC1. The second-order valence-electron chi connectivity index (χ2n) is 8.56. The van der Waals surface area contributed by atoms with Crippen molar-refractivity contribution in [2.75, 3.05) is 27.2 Å². The Hall–Kier alpha value is -3.18. The fourth-order valence-electron chi connectivity index (χ4n) is 4.76. The molecule has 4 rings (SSSR count). The van der Waals surface area contributed by atoms with Crippen molar-refractivity contribution in [2.24, 2.45) is 5.41 Å². The number of piperidine rings is 1. The van der Waals surface area contributed by atoms with Crippen LogP contribution in [0, 0.1) is 5.41 Å². The summed E-state index contributed by atoms with van der Waals surface area (Å²) in [5.41, 5.74) is 4.27. The van der Waals surface area contributed by atoms with Gasteiger partial charge in [0.2, 0.25) is 5.91 Å². The highest BCUT2D eigenvalue weighted by atomic mass is 16.5. The van der Waals surface area contributed by atoms with Crippen LogP contribution in [0.2, 0.25) is 0 Å². The zero-order valence-corrected chi connectivity index (χ0v) is 18.9. The number of methoxy groups -OCH3 is 1. The molecule has 5 nitrogen and oxygen atoms in total. The van der Waals surface area contributed by atoms with Crippen LogP contribution in [0.4, 0.5) is 0 Å². The summed E-state index contributed by atoms with van der Waals surface area (Å²) in [6, 6.07) is 20.6. The number of carbonyl (C=O) groups is 1. The van der Waals surface area contributed by atoms with E-state index in [1.54, 1.807) is 20.4 Å². The van der Waals surface area contributed by atoms with E-state index in [2.05, 4.69) is 57.7 Å². The van der Waals surface area contributed by atoms with Gasteiger partial charge in [-0.3, -0.25) is 14.7 Å². The Balaban J connectivity index is 1.52. The van der Waals surface area contributed by atoms with Crippen LogP contribution in [0.1, 0.15) is 24.0 Å². The van der Waals surface area contributed by atoms with Crippen molar-refractivity contribution < 1.29 is 9.53 Å². The molecule has 0 bridgehead atoms. The van der Waals surface area contributed by atoms with Crippen LogP contribution in [0.5, 0.6) is 5.75 Å². The standard InChI is InChI=1S/C27H31N3O2/c1-28-26(31)27(18-22-8-3-4-11-25(22)23-9-6-14-29-19-23)12-15-30(16-13-27)20-21-7-5-10-24(17-21)32-2/h3-11,14,17,19H,12-13,15-16,18,20H2,1-2H3,(H,28,31). The van der Waals surface area contributed by atoms with E-state index in [1.807, 2.05) is 24.4 Å². The van der Waals surface area contributed by atoms with Crippen molar-refractivity contribution in [3.8, 4) is 16.9 Å². The highest BCUT2D eigenvalue weighted by Crippen LogP contribution is 2.38. The number of pyridine rings is 1. The Kier molecular flexibility index (Phi) is 6.86. The second-order valence-corrected chi connectivity index (χ2v) is 8.56. The molecule has 0 atom stereocenters. The van der Waals surface area contributed by atoms with Crippen molar-refractivity contribution in [1.82, 2.24) is 15.2 Å². The van der Waals surface area contributed by atoms with Crippen molar-refractivity contribution in [1.29, 1.82) is 0 Å². The molecule has 0 unspecified atom stereocenters. The molecule has 1 saturated heterocycles. The van der Waals surface area contributed by atoms with Gasteiger partial charge in [0, 0.05) is 31.5 Å². The predicted molar refractivity (Wildman–Crippen MR) is 127 cm³/mol. The van der Waals surface area contributed by atoms with Crippen molar-refractivity contribution in [2.45, 2.75) is 25.8 Å². The van der Waals surface area contributed by atoms with Gasteiger partial charge in [-0.2, -0.15) is 0 Å². The summed E-state index contributed by atoms with van der Waals surface area (Å²) < 4.78 is 5.36. The summed E-state index contributed by atoms with van der Waals surface area (Å²) in [4.78, 5) is 19.8. The van der Waals surface area contributed by atoms with Crippen LogP contribution in [0.15, 0.2) is 73.1 Å². The number of amides is 1. The smallest absolute Gasteiger partial charge is 0.226 e. The zero-order chi connectivity index (χ0) is 22.4. The number of hydrogen-bond acceptors (Lipinski definition) is 4. The van der Waals surface area contributed by atoms with E-state index in [4.69, 9.17) is 4.74 Å². The maximum Gasteiger partial charge on any atom is 0.226 e. The van der Waals surface area contributed by atoms with Crippen LogP contribution in [0.3, 0.4) is 0 Å². The molecule has 1 aromatic heterocycles. The van der Waals surface area contributed by atoms with Gasteiger partial charge in [0.1, 0.15) is 5.75 Å². The van der Waals surface area contributed by atoms with Gasteiger partial charge < -0.3 is 10.1 Å². The number of ether oxygens (including phenoxy) is 1. The highest BCUT2D eigenvalue weighted by molar-refractivity contribution is 5.83. The molecule has 3 aromatic rings. The van der Waals surface area contributed by atoms with Crippen LogP contribution < -0.4 is 10.1 Å².